The SMILES string of the molecule is O=C(NC1CCCC12CCOCC2)C1CC12CCCCC2. The Balaban J connectivity index is 1.38. The van der Waals surface area contributed by atoms with E-state index in [4.69, 9.17) is 4.74 Å². The highest BCUT2D eigenvalue weighted by atomic mass is 16.5. The molecule has 1 N–H and O–H groups in total. The van der Waals surface area contributed by atoms with Gasteiger partial charge in [0.2, 0.25) is 5.91 Å². The molecule has 3 heteroatoms. The molecule has 0 aromatic rings. The molecule has 3 nitrogen and oxygen atoms in total. The Hall–Kier alpha value is -0.570. The summed E-state index contributed by atoms with van der Waals surface area (Å²) in [6.45, 7) is 1.78. The Morgan fingerprint density at radius 1 is 0.905 bits per heavy atom. The molecule has 0 radical (unpaired) electrons. The van der Waals surface area contributed by atoms with Gasteiger partial charge in [-0.25, -0.2) is 0 Å². The lowest BCUT2D eigenvalue weighted by atomic mass is 9.75. The van der Waals surface area contributed by atoms with E-state index in [0.717, 1.165) is 26.1 Å². The Kier molecular flexibility index (Phi) is 3.52. The Bertz CT molecular complexity index is 407. The van der Waals surface area contributed by atoms with E-state index in [1.165, 1.54) is 57.8 Å². The van der Waals surface area contributed by atoms with Crippen LogP contribution in [0.25, 0.3) is 0 Å². The van der Waals surface area contributed by atoms with Crippen LogP contribution in [0.15, 0.2) is 0 Å². The molecular weight excluding hydrogens is 262 g/mol. The zero-order chi connectivity index (χ0) is 14.3. The fourth-order valence-electron chi connectivity index (χ4n) is 5.54. The number of carbonyl (C=O) groups excluding carboxylic acids is 1. The second-order valence-electron chi connectivity index (χ2n) is 8.11. The molecule has 1 heterocycles. The van der Waals surface area contributed by atoms with Gasteiger partial charge in [0.15, 0.2) is 0 Å². The van der Waals surface area contributed by atoms with Crippen molar-refractivity contribution in [3.8, 4) is 0 Å². The monoisotopic (exact) mass is 291 g/mol. The predicted molar refractivity (Wildman–Crippen MR) is 81.9 cm³/mol. The highest BCUT2D eigenvalue weighted by Crippen LogP contribution is 2.61. The average molecular weight is 291 g/mol. The largest absolute Gasteiger partial charge is 0.381 e. The number of rotatable bonds is 2. The third-order valence-electron chi connectivity index (χ3n) is 7.07. The van der Waals surface area contributed by atoms with Crippen LogP contribution < -0.4 is 5.32 Å². The molecule has 4 rings (SSSR count). The number of ether oxygens (including phenoxy) is 1. The molecule has 21 heavy (non-hydrogen) atoms. The summed E-state index contributed by atoms with van der Waals surface area (Å²) in [4.78, 5) is 12.7. The lowest BCUT2D eigenvalue weighted by Crippen LogP contribution is -2.48. The molecule has 4 fully saturated rings. The lowest BCUT2D eigenvalue weighted by molar-refractivity contribution is -0.125. The molecular formula is C18H29NO2. The fourth-order valence-corrected chi connectivity index (χ4v) is 5.54. The summed E-state index contributed by atoms with van der Waals surface area (Å²) < 4.78 is 5.55. The topological polar surface area (TPSA) is 38.3 Å². The molecule has 1 aliphatic heterocycles. The van der Waals surface area contributed by atoms with Gasteiger partial charge in [-0.05, 0) is 55.8 Å². The van der Waals surface area contributed by atoms with E-state index in [2.05, 4.69) is 5.32 Å². The Labute approximate surface area is 128 Å². The van der Waals surface area contributed by atoms with Crippen molar-refractivity contribution >= 4 is 5.91 Å². The van der Waals surface area contributed by atoms with Crippen LogP contribution in [0.2, 0.25) is 0 Å². The van der Waals surface area contributed by atoms with Gasteiger partial charge < -0.3 is 10.1 Å². The van der Waals surface area contributed by atoms with Gasteiger partial charge in [-0.3, -0.25) is 4.79 Å². The minimum absolute atomic E-state index is 0.343. The van der Waals surface area contributed by atoms with E-state index in [1.54, 1.807) is 0 Å². The molecule has 118 valence electrons. The van der Waals surface area contributed by atoms with E-state index in [-0.39, 0.29) is 0 Å². The van der Waals surface area contributed by atoms with Crippen molar-refractivity contribution in [2.75, 3.05) is 13.2 Å². The highest BCUT2D eigenvalue weighted by molar-refractivity contribution is 5.83. The average Bonchev–Trinajstić information content (AvgIpc) is 3.08. The van der Waals surface area contributed by atoms with Crippen molar-refractivity contribution in [1.82, 2.24) is 5.32 Å². The normalized spacial score (nSPS) is 36.8. The molecule has 1 amide bonds. The molecule has 3 aliphatic carbocycles. The third kappa shape index (κ3) is 2.42. The van der Waals surface area contributed by atoms with E-state index >= 15 is 0 Å². The second-order valence-corrected chi connectivity index (χ2v) is 8.11. The van der Waals surface area contributed by atoms with Gasteiger partial charge in [0.1, 0.15) is 0 Å². The van der Waals surface area contributed by atoms with E-state index in [0.29, 0.717) is 28.7 Å². The molecule has 0 bridgehead atoms. The first-order chi connectivity index (χ1) is 10.2. The minimum atomic E-state index is 0.343. The van der Waals surface area contributed by atoms with Gasteiger partial charge in [-0.2, -0.15) is 0 Å². The summed E-state index contributed by atoms with van der Waals surface area (Å²) >= 11 is 0. The summed E-state index contributed by atoms with van der Waals surface area (Å²) in [5.41, 5.74) is 0.784. The predicted octanol–water partition coefficient (Wildman–Crippen LogP) is 3.42. The van der Waals surface area contributed by atoms with Gasteiger partial charge in [-0.15, -0.1) is 0 Å². The quantitative estimate of drug-likeness (QED) is 0.846. The van der Waals surface area contributed by atoms with Crippen molar-refractivity contribution < 1.29 is 9.53 Å². The molecule has 3 saturated carbocycles. The smallest absolute Gasteiger partial charge is 0.223 e. The van der Waals surface area contributed by atoms with Gasteiger partial charge in [0.05, 0.1) is 0 Å². The van der Waals surface area contributed by atoms with Gasteiger partial charge in [-0.1, -0.05) is 25.7 Å². The van der Waals surface area contributed by atoms with Gasteiger partial charge in [0.25, 0.3) is 0 Å². The standard InChI is InChI=1S/C18H29NO2/c20-16(14-13-18(14)6-2-1-3-7-18)19-15-5-4-8-17(15)9-11-21-12-10-17/h14-15H,1-13H2,(H,19,20). The molecule has 2 unspecified atom stereocenters. The maximum absolute atomic E-state index is 12.7. The maximum atomic E-state index is 12.7. The van der Waals surface area contributed by atoms with Crippen LogP contribution in [0.1, 0.15) is 70.6 Å². The Morgan fingerprint density at radius 3 is 2.38 bits per heavy atom. The number of hydrogen-bond donors (Lipinski definition) is 1. The van der Waals surface area contributed by atoms with Crippen LogP contribution in [-0.4, -0.2) is 25.2 Å². The van der Waals surface area contributed by atoms with Crippen LogP contribution >= 0.6 is 0 Å². The van der Waals surface area contributed by atoms with Crippen molar-refractivity contribution in [3.05, 3.63) is 0 Å². The number of hydrogen-bond acceptors (Lipinski definition) is 2. The van der Waals surface area contributed by atoms with Crippen LogP contribution in [0.3, 0.4) is 0 Å². The lowest BCUT2D eigenvalue weighted by Gasteiger charge is -2.39. The number of amides is 1. The van der Waals surface area contributed by atoms with Crippen molar-refractivity contribution in [1.29, 1.82) is 0 Å². The first-order valence-corrected chi connectivity index (χ1v) is 9.12. The molecule has 2 atom stereocenters. The Morgan fingerprint density at radius 2 is 1.62 bits per heavy atom. The van der Waals surface area contributed by atoms with Gasteiger partial charge in [0, 0.05) is 25.2 Å². The molecule has 4 aliphatic rings. The summed E-state index contributed by atoms with van der Waals surface area (Å²) in [5, 5.41) is 3.48. The number of carbonyl (C=O) groups is 1. The van der Waals surface area contributed by atoms with E-state index in [9.17, 15) is 4.79 Å². The maximum Gasteiger partial charge on any atom is 0.223 e. The van der Waals surface area contributed by atoms with Crippen LogP contribution in [-0.2, 0) is 9.53 Å². The zero-order valence-corrected chi connectivity index (χ0v) is 13.2. The molecule has 2 spiro atoms. The van der Waals surface area contributed by atoms with E-state index in [1.807, 2.05) is 0 Å². The second kappa shape index (κ2) is 5.26. The summed E-state index contributed by atoms with van der Waals surface area (Å²) in [7, 11) is 0. The summed E-state index contributed by atoms with van der Waals surface area (Å²) in [5.74, 6) is 0.727. The van der Waals surface area contributed by atoms with Gasteiger partial charge >= 0.3 is 0 Å². The summed E-state index contributed by atoms with van der Waals surface area (Å²) in [6, 6.07) is 0.426. The zero-order valence-electron chi connectivity index (χ0n) is 13.2. The number of nitrogens with one attached hydrogen (secondary N) is 1. The van der Waals surface area contributed by atoms with E-state index < -0.39 is 0 Å². The molecule has 0 aromatic heterocycles. The first kappa shape index (κ1) is 14.0. The van der Waals surface area contributed by atoms with Crippen LogP contribution in [0.5, 0.6) is 0 Å². The highest BCUT2D eigenvalue weighted by Gasteiger charge is 2.58. The summed E-state index contributed by atoms with van der Waals surface area (Å²) in [6.07, 6.45) is 13.9. The molecule has 1 saturated heterocycles. The fraction of sp³-hybridized carbons (Fsp3) is 0.944. The van der Waals surface area contributed by atoms with Crippen LogP contribution in [0, 0.1) is 16.7 Å². The molecule has 0 aromatic carbocycles. The third-order valence-corrected chi connectivity index (χ3v) is 7.07. The minimum Gasteiger partial charge on any atom is -0.381 e. The van der Waals surface area contributed by atoms with Crippen molar-refractivity contribution in [3.63, 3.8) is 0 Å². The van der Waals surface area contributed by atoms with Crippen molar-refractivity contribution in [2.24, 2.45) is 16.7 Å². The van der Waals surface area contributed by atoms with Crippen molar-refractivity contribution in [2.45, 2.75) is 76.7 Å². The van der Waals surface area contributed by atoms with Crippen LogP contribution in [0.4, 0.5) is 0 Å². The first-order valence-electron chi connectivity index (χ1n) is 9.12.